The average molecular weight is 988 g/mol. The Morgan fingerprint density at radius 2 is 1.12 bits per heavy atom. The molecule has 0 bridgehead atoms. The van der Waals surface area contributed by atoms with Crippen molar-refractivity contribution in [1.29, 1.82) is 10.5 Å². The maximum Gasteiger partial charge on any atom is 0.417 e. The van der Waals surface area contributed by atoms with E-state index in [2.05, 4.69) is 52.5 Å². The van der Waals surface area contributed by atoms with Gasteiger partial charge < -0.3 is 30.3 Å². The molecule has 4 aromatic rings. The van der Waals surface area contributed by atoms with Gasteiger partial charge in [-0.3, -0.25) is 30.0 Å². The molecule has 0 aliphatic rings. The molecule has 0 unspecified atom stereocenters. The van der Waals surface area contributed by atoms with Crippen molar-refractivity contribution in [3.05, 3.63) is 83.4 Å². The van der Waals surface area contributed by atoms with Gasteiger partial charge in [-0.25, -0.2) is 9.59 Å². The van der Waals surface area contributed by atoms with E-state index < -0.39 is 81.0 Å². The number of rotatable bonds is 9. The fourth-order valence-electron chi connectivity index (χ4n) is 4.56. The quantitative estimate of drug-likeness (QED) is 0.0623. The smallest absolute Gasteiger partial charge is 0.417 e. The SMILES string of the molecule is CC(C)(C)OC(=O)Nc1cn[nH]c1.CC(C)(C)OC(=O)Nc1cnn(C[C@](C)(O)C(=O)Nc2ccc(C#N)c(C(F)(F)F)c2)c1.C[C@](O)(CBr)C(=O)Nc1ccc(C#N)c(C(F)(F)F)c1. The summed E-state index contributed by atoms with van der Waals surface area (Å²) in [6.45, 7) is 12.5. The molecule has 18 nitrogen and oxygen atoms in total. The number of halogens is 7. The number of carbonyl (C=O) groups excluding carboxylic acids is 4. The van der Waals surface area contributed by atoms with Crippen molar-refractivity contribution in [2.45, 2.75) is 96.7 Å². The van der Waals surface area contributed by atoms with Crippen molar-refractivity contribution in [2.75, 3.05) is 26.6 Å². The number of aromatic nitrogens is 4. The number of benzene rings is 2. The maximum atomic E-state index is 13.1. The number of nitrogens with one attached hydrogen (secondary N) is 5. The first-order chi connectivity index (χ1) is 29.7. The monoisotopic (exact) mass is 986 g/mol. The zero-order valence-electron chi connectivity index (χ0n) is 35.9. The molecule has 0 radical (unpaired) electrons. The molecular formula is C40H45BrF6N10O8. The number of hydrogen-bond acceptors (Lipinski definition) is 12. The fourth-order valence-corrected chi connectivity index (χ4v) is 4.82. The zero-order valence-corrected chi connectivity index (χ0v) is 37.5. The Labute approximate surface area is 376 Å². The van der Waals surface area contributed by atoms with Crippen LogP contribution < -0.4 is 21.3 Å². The number of nitrogens with zero attached hydrogens (tertiary/aromatic N) is 5. The minimum absolute atomic E-state index is 0.0752. The Morgan fingerprint density at radius 3 is 1.49 bits per heavy atom. The Hall–Kier alpha value is -6.70. The third-order valence-corrected chi connectivity index (χ3v) is 8.63. The Balaban J connectivity index is 0.000000373. The van der Waals surface area contributed by atoms with Crippen molar-refractivity contribution in [1.82, 2.24) is 20.0 Å². The van der Waals surface area contributed by atoms with Crippen LogP contribution in [0.4, 0.5) is 58.7 Å². The fraction of sp³-hybridized carbons (Fsp3) is 0.400. The number of amides is 4. The molecule has 7 N–H and O–H groups in total. The summed E-state index contributed by atoms with van der Waals surface area (Å²) in [6, 6.07) is 8.32. The third-order valence-electron chi connectivity index (χ3n) is 7.54. The van der Waals surface area contributed by atoms with Crippen LogP contribution in [0.25, 0.3) is 0 Å². The Bertz CT molecular complexity index is 2380. The first-order valence-corrected chi connectivity index (χ1v) is 19.7. The highest BCUT2D eigenvalue weighted by Crippen LogP contribution is 2.35. The van der Waals surface area contributed by atoms with Crippen LogP contribution in [0.3, 0.4) is 0 Å². The molecule has 65 heavy (non-hydrogen) atoms. The molecule has 2 heterocycles. The van der Waals surface area contributed by atoms with E-state index >= 15 is 0 Å². The second-order valence-corrected chi connectivity index (χ2v) is 16.6. The van der Waals surface area contributed by atoms with E-state index in [4.69, 9.17) is 20.0 Å². The highest BCUT2D eigenvalue weighted by molar-refractivity contribution is 9.09. The van der Waals surface area contributed by atoms with Crippen molar-refractivity contribution in [3.8, 4) is 12.1 Å². The van der Waals surface area contributed by atoms with E-state index in [0.29, 0.717) is 17.8 Å². The van der Waals surface area contributed by atoms with Crippen LogP contribution in [0, 0.1) is 22.7 Å². The van der Waals surface area contributed by atoms with Crippen LogP contribution >= 0.6 is 15.9 Å². The lowest BCUT2D eigenvalue weighted by atomic mass is 10.0. The van der Waals surface area contributed by atoms with Gasteiger partial charge in [-0.1, -0.05) is 15.9 Å². The van der Waals surface area contributed by atoms with Gasteiger partial charge in [-0.05, 0) is 91.8 Å². The highest BCUT2D eigenvalue weighted by atomic mass is 79.9. The molecule has 0 saturated heterocycles. The topological polar surface area (TPSA) is 269 Å². The molecule has 4 amide bonds. The molecule has 2 atom stereocenters. The number of ether oxygens (including phenoxy) is 2. The second kappa shape index (κ2) is 21.8. The molecule has 0 aliphatic heterocycles. The number of alkyl halides is 7. The summed E-state index contributed by atoms with van der Waals surface area (Å²) in [5, 5.41) is 57.1. The van der Waals surface area contributed by atoms with E-state index in [0.717, 1.165) is 31.2 Å². The minimum atomic E-state index is -4.79. The molecule has 352 valence electrons. The number of anilines is 4. The summed E-state index contributed by atoms with van der Waals surface area (Å²) in [5.41, 5.74) is -8.05. The Kier molecular flexibility index (Phi) is 18.2. The second-order valence-electron chi connectivity index (χ2n) is 16.0. The first kappa shape index (κ1) is 54.4. The predicted octanol–water partition coefficient (Wildman–Crippen LogP) is 7.93. The van der Waals surface area contributed by atoms with Gasteiger partial charge >= 0.3 is 24.5 Å². The molecule has 25 heteroatoms. The summed E-state index contributed by atoms with van der Waals surface area (Å²) >= 11 is 2.92. The van der Waals surface area contributed by atoms with E-state index in [1.54, 1.807) is 27.0 Å². The summed E-state index contributed by atoms with van der Waals surface area (Å²) in [4.78, 5) is 47.0. The number of hydrogen-bond donors (Lipinski definition) is 7. The summed E-state index contributed by atoms with van der Waals surface area (Å²) in [6.07, 6.45) is -5.00. The van der Waals surface area contributed by atoms with E-state index in [1.165, 1.54) is 42.3 Å². The van der Waals surface area contributed by atoms with Gasteiger partial charge in [0, 0.05) is 29.1 Å². The molecule has 0 aliphatic carbocycles. The van der Waals surface area contributed by atoms with Crippen molar-refractivity contribution < 1.29 is 65.2 Å². The largest absolute Gasteiger partial charge is 0.444 e. The lowest BCUT2D eigenvalue weighted by Gasteiger charge is -2.22. The lowest BCUT2D eigenvalue weighted by Crippen LogP contribution is -2.43. The van der Waals surface area contributed by atoms with Crippen molar-refractivity contribution >= 4 is 62.7 Å². The van der Waals surface area contributed by atoms with Gasteiger partial charge in [0.15, 0.2) is 5.60 Å². The highest BCUT2D eigenvalue weighted by Gasteiger charge is 2.37. The van der Waals surface area contributed by atoms with Gasteiger partial charge in [0.1, 0.15) is 16.8 Å². The minimum Gasteiger partial charge on any atom is -0.444 e. The average Bonchev–Trinajstić information content (AvgIpc) is 3.84. The molecule has 4 rings (SSSR count). The van der Waals surface area contributed by atoms with Crippen LogP contribution in [0.1, 0.15) is 77.6 Å². The van der Waals surface area contributed by atoms with Crippen LogP contribution in [0.15, 0.2) is 61.2 Å². The summed E-state index contributed by atoms with van der Waals surface area (Å²) < 4.78 is 88.8. The number of H-pyrrole nitrogens is 1. The van der Waals surface area contributed by atoms with Crippen LogP contribution in [-0.2, 0) is 38.0 Å². The van der Waals surface area contributed by atoms with Gasteiger partial charge in [0.2, 0.25) is 0 Å². The Morgan fingerprint density at radius 1 is 0.692 bits per heavy atom. The maximum absolute atomic E-state index is 13.1. The number of nitriles is 2. The van der Waals surface area contributed by atoms with E-state index in [-0.39, 0.29) is 28.9 Å². The molecule has 0 spiro atoms. The van der Waals surface area contributed by atoms with Crippen LogP contribution in [0.2, 0.25) is 0 Å². The number of aromatic amines is 1. The molecule has 0 saturated carbocycles. The van der Waals surface area contributed by atoms with E-state index in [1.807, 2.05) is 20.8 Å². The van der Waals surface area contributed by atoms with Crippen LogP contribution in [-0.4, -0.2) is 81.9 Å². The van der Waals surface area contributed by atoms with E-state index in [9.17, 15) is 55.7 Å². The molecule has 2 aromatic heterocycles. The first-order valence-electron chi connectivity index (χ1n) is 18.6. The van der Waals surface area contributed by atoms with Crippen molar-refractivity contribution in [3.63, 3.8) is 0 Å². The summed E-state index contributed by atoms with van der Waals surface area (Å²) in [7, 11) is 0. The summed E-state index contributed by atoms with van der Waals surface area (Å²) in [5.74, 6) is -1.85. The van der Waals surface area contributed by atoms with Gasteiger partial charge in [-0.2, -0.15) is 47.1 Å². The van der Waals surface area contributed by atoms with Gasteiger partial charge in [-0.15, -0.1) is 0 Å². The predicted molar refractivity (Wildman–Crippen MR) is 225 cm³/mol. The number of aliphatic hydroxyl groups is 2. The standard InChI is InChI=1S/C20H22F3N5O4.C12H10BrF3N2O2.C8H13N3O2/c1-18(2,3)32-17(30)27-14-9-25-28(10-14)11-19(4,31)16(29)26-13-6-5-12(8-24)15(7-13)20(21,22)23;1-11(20,6-13)10(19)18-8-3-2-7(5-17)9(4-8)12(14,15)16;1-8(2,3)13-7(12)11-6-4-9-10-5-6/h5-7,9-10,31H,11H2,1-4H3,(H,26,29)(H,27,30);2-4,20H,6H2,1H3,(H,18,19);4-5H,1-3H3,(H,9,10)(H,11,12)/t19-;11-;/m00./s1. The molecule has 2 aromatic carbocycles. The third kappa shape index (κ3) is 18.5. The zero-order chi connectivity index (χ0) is 49.8. The van der Waals surface area contributed by atoms with Gasteiger partial charge in [0.05, 0.1) is 64.7 Å². The number of carbonyl (C=O) groups is 4. The van der Waals surface area contributed by atoms with Gasteiger partial charge in [0.25, 0.3) is 11.8 Å². The molecule has 0 fully saturated rings. The molecular weight excluding hydrogens is 942 g/mol. The normalized spacial score (nSPS) is 13.3. The van der Waals surface area contributed by atoms with Crippen LogP contribution in [0.5, 0.6) is 0 Å². The van der Waals surface area contributed by atoms with Crippen molar-refractivity contribution in [2.24, 2.45) is 0 Å². The lowest BCUT2D eigenvalue weighted by molar-refractivity contribution is -0.138.